The highest BCUT2D eigenvalue weighted by Crippen LogP contribution is 2.32. The first-order chi connectivity index (χ1) is 13.6. The smallest absolute Gasteiger partial charge is 0.344 e. The molecule has 3 aromatic rings. The summed E-state index contributed by atoms with van der Waals surface area (Å²) in [5, 5.41) is 0.964. The Morgan fingerprint density at radius 1 is 1.04 bits per heavy atom. The van der Waals surface area contributed by atoms with E-state index in [4.69, 9.17) is 13.9 Å². The molecule has 1 heterocycles. The lowest BCUT2D eigenvalue weighted by Crippen LogP contribution is -2.17. The van der Waals surface area contributed by atoms with Crippen molar-refractivity contribution < 1.29 is 18.7 Å². The summed E-state index contributed by atoms with van der Waals surface area (Å²) in [5.74, 6) is 0.0679. The van der Waals surface area contributed by atoms with Crippen LogP contribution in [0.3, 0.4) is 0 Å². The van der Waals surface area contributed by atoms with E-state index in [0.717, 1.165) is 53.3 Å². The number of carbonyl (C=O) groups excluding carboxylic acids is 1. The second-order valence-electron chi connectivity index (χ2n) is 7.05. The molecule has 1 aromatic heterocycles. The Kier molecular flexibility index (Phi) is 5.15. The SMILES string of the molecule is Cc1c(OCC(=O)OCc2ccccc2)ccc2c3c(c(=O)oc12)CCCC3. The average Bonchev–Trinajstić information content (AvgIpc) is 2.73. The molecule has 28 heavy (non-hydrogen) atoms. The van der Waals surface area contributed by atoms with Crippen LogP contribution >= 0.6 is 0 Å². The van der Waals surface area contributed by atoms with Crippen LogP contribution < -0.4 is 10.4 Å². The third-order valence-corrected chi connectivity index (χ3v) is 5.18. The van der Waals surface area contributed by atoms with Crippen LogP contribution in [0.4, 0.5) is 0 Å². The summed E-state index contributed by atoms with van der Waals surface area (Å²) in [7, 11) is 0. The molecule has 2 aromatic carbocycles. The molecule has 0 spiro atoms. The fraction of sp³-hybridized carbons (Fsp3) is 0.304. The molecule has 0 bridgehead atoms. The van der Waals surface area contributed by atoms with Crippen molar-refractivity contribution in [2.75, 3.05) is 6.61 Å². The van der Waals surface area contributed by atoms with E-state index in [1.165, 1.54) is 0 Å². The van der Waals surface area contributed by atoms with E-state index >= 15 is 0 Å². The molecule has 0 saturated carbocycles. The molecule has 0 radical (unpaired) electrons. The summed E-state index contributed by atoms with van der Waals surface area (Å²) in [6, 6.07) is 13.2. The molecule has 0 unspecified atom stereocenters. The molecular formula is C23H22O5. The van der Waals surface area contributed by atoms with Gasteiger partial charge in [0.25, 0.3) is 0 Å². The zero-order valence-corrected chi connectivity index (χ0v) is 15.8. The Morgan fingerprint density at radius 3 is 2.57 bits per heavy atom. The number of carbonyl (C=O) groups is 1. The van der Waals surface area contributed by atoms with Gasteiger partial charge < -0.3 is 13.9 Å². The van der Waals surface area contributed by atoms with E-state index in [2.05, 4.69) is 0 Å². The summed E-state index contributed by atoms with van der Waals surface area (Å²) in [6.07, 6.45) is 3.77. The van der Waals surface area contributed by atoms with Gasteiger partial charge in [-0.3, -0.25) is 0 Å². The Morgan fingerprint density at radius 2 is 1.79 bits per heavy atom. The highest BCUT2D eigenvalue weighted by molar-refractivity contribution is 5.86. The number of ether oxygens (including phenoxy) is 2. The first-order valence-electron chi connectivity index (χ1n) is 9.54. The Bertz CT molecular complexity index is 1070. The third kappa shape index (κ3) is 3.65. The molecule has 0 saturated heterocycles. The summed E-state index contributed by atoms with van der Waals surface area (Å²) in [6.45, 7) is 1.85. The van der Waals surface area contributed by atoms with Gasteiger partial charge in [0, 0.05) is 16.5 Å². The summed E-state index contributed by atoms with van der Waals surface area (Å²) >= 11 is 0. The van der Waals surface area contributed by atoms with Crippen LogP contribution in [0.2, 0.25) is 0 Å². The molecule has 0 N–H and O–H groups in total. The summed E-state index contributed by atoms with van der Waals surface area (Å²) < 4.78 is 16.5. The van der Waals surface area contributed by atoms with Gasteiger partial charge >= 0.3 is 11.6 Å². The molecule has 1 aliphatic carbocycles. The van der Waals surface area contributed by atoms with Crippen LogP contribution in [0.1, 0.15) is 35.1 Å². The van der Waals surface area contributed by atoms with Crippen molar-refractivity contribution in [2.24, 2.45) is 0 Å². The van der Waals surface area contributed by atoms with Crippen molar-refractivity contribution in [3.63, 3.8) is 0 Å². The van der Waals surface area contributed by atoms with Crippen LogP contribution in [-0.2, 0) is 29.0 Å². The molecule has 0 atom stereocenters. The third-order valence-electron chi connectivity index (χ3n) is 5.18. The van der Waals surface area contributed by atoms with Gasteiger partial charge in [0.15, 0.2) is 6.61 Å². The molecule has 5 heteroatoms. The quantitative estimate of drug-likeness (QED) is 0.494. The Hall–Kier alpha value is -3.08. The van der Waals surface area contributed by atoms with Gasteiger partial charge in [-0.2, -0.15) is 0 Å². The maximum Gasteiger partial charge on any atom is 0.344 e. The van der Waals surface area contributed by atoms with Gasteiger partial charge in [-0.05, 0) is 55.9 Å². The average molecular weight is 378 g/mol. The molecule has 5 nitrogen and oxygen atoms in total. The van der Waals surface area contributed by atoms with E-state index in [1.807, 2.05) is 49.4 Å². The predicted octanol–water partition coefficient (Wildman–Crippen LogP) is 4.10. The first kappa shape index (κ1) is 18.3. The van der Waals surface area contributed by atoms with Crippen LogP contribution in [0.5, 0.6) is 5.75 Å². The number of hydrogen-bond acceptors (Lipinski definition) is 5. The number of aryl methyl sites for hydroxylation is 2. The van der Waals surface area contributed by atoms with Crippen molar-refractivity contribution in [3.05, 3.63) is 75.1 Å². The van der Waals surface area contributed by atoms with Crippen molar-refractivity contribution >= 4 is 16.9 Å². The lowest BCUT2D eigenvalue weighted by Gasteiger charge is -2.17. The van der Waals surface area contributed by atoms with Crippen molar-refractivity contribution in [1.29, 1.82) is 0 Å². The van der Waals surface area contributed by atoms with Gasteiger partial charge in [0.05, 0.1) is 0 Å². The van der Waals surface area contributed by atoms with Crippen LogP contribution in [0, 0.1) is 6.92 Å². The van der Waals surface area contributed by atoms with Gasteiger partial charge in [-0.15, -0.1) is 0 Å². The van der Waals surface area contributed by atoms with Gasteiger partial charge in [0.2, 0.25) is 0 Å². The number of benzene rings is 2. The van der Waals surface area contributed by atoms with Crippen molar-refractivity contribution in [1.82, 2.24) is 0 Å². The van der Waals surface area contributed by atoms with E-state index in [0.29, 0.717) is 11.3 Å². The van der Waals surface area contributed by atoms with E-state index in [-0.39, 0.29) is 18.8 Å². The largest absolute Gasteiger partial charge is 0.481 e. The normalized spacial score (nSPS) is 13.2. The van der Waals surface area contributed by atoms with Crippen LogP contribution in [0.25, 0.3) is 11.0 Å². The molecule has 0 amide bonds. The minimum Gasteiger partial charge on any atom is -0.481 e. The topological polar surface area (TPSA) is 65.7 Å². The molecule has 4 rings (SSSR count). The first-order valence-corrected chi connectivity index (χ1v) is 9.54. The maximum absolute atomic E-state index is 12.3. The molecule has 144 valence electrons. The maximum atomic E-state index is 12.3. The highest BCUT2D eigenvalue weighted by atomic mass is 16.6. The van der Waals surface area contributed by atoms with Crippen molar-refractivity contribution in [2.45, 2.75) is 39.2 Å². The zero-order valence-electron chi connectivity index (χ0n) is 15.8. The molecule has 1 aliphatic rings. The Balaban J connectivity index is 1.49. The van der Waals surface area contributed by atoms with E-state index in [1.54, 1.807) is 0 Å². The molecule has 0 fully saturated rings. The fourth-order valence-corrected chi connectivity index (χ4v) is 3.70. The number of rotatable bonds is 5. The van der Waals surface area contributed by atoms with Gasteiger partial charge in [0.1, 0.15) is 17.9 Å². The minimum atomic E-state index is -0.449. The monoisotopic (exact) mass is 378 g/mol. The molecular weight excluding hydrogens is 356 g/mol. The van der Waals surface area contributed by atoms with E-state index in [9.17, 15) is 9.59 Å². The number of esters is 1. The summed E-state index contributed by atoms with van der Waals surface area (Å²) in [5.41, 5.74) is 3.82. The van der Waals surface area contributed by atoms with Gasteiger partial charge in [-0.1, -0.05) is 30.3 Å². The lowest BCUT2D eigenvalue weighted by molar-refractivity contribution is -0.147. The minimum absolute atomic E-state index is 0.200. The second-order valence-corrected chi connectivity index (χ2v) is 7.05. The molecule has 0 aliphatic heterocycles. The van der Waals surface area contributed by atoms with Gasteiger partial charge in [-0.25, -0.2) is 9.59 Å². The standard InChI is InChI=1S/C23H22O5/c1-15-20(26-14-21(24)27-13-16-7-3-2-4-8-16)12-11-18-17-9-5-6-10-19(17)23(25)28-22(15)18/h2-4,7-8,11-12H,5-6,9-10,13-14H2,1H3. The fourth-order valence-electron chi connectivity index (χ4n) is 3.70. The predicted molar refractivity (Wildman–Crippen MR) is 106 cm³/mol. The lowest BCUT2D eigenvalue weighted by atomic mass is 9.90. The van der Waals surface area contributed by atoms with Crippen molar-refractivity contribution in [3.8, 4) is 5.75 Å². The van der Waals surface area contributed by atoms with Crippen LogP contribution in [-0.4, -0.2) is 12.6 Å². The zero-order chi connectivity index (χ0) is 19.5. The Labute approximate surface area is 162 Å². The summed E-state index contributed by atoms with van der Waals surface area (Å²) in [4.78, 5) is 24.3. The van der Waals surface area contributed by atoms with E-state index < -0.39 is 5.97 Å². The highest BCUT2D eigenvalue weighted by Gasteiger charge is 2.20. The second kappa shape index (κ2) is 7.89. The van der Waals surface area contributed by atoms with Crippen LogP contribution in [0.15, 0.2) is 51.7 Å². The number of fused-ring (bicyclic) bond motifs is 3. The number of hydrogen-bond donors (Lipinski definition) is 0.